The molecular weight excluding hydrogens is 887 g/mol. The van der Waals surface area contributed by atoms with Crippen molar-refractivity contribution in [3.63, 3.8) is 0 Å². The number of fused-ring (bicyclic) bond motifs is 1. The third-order valence-corrected chi connectivity index (χ3v) is 15.3. The van der Waals surface area contributed by atoms with Crippen LogP contribution in [-0.4, -0.2) is 108 Å². The number of H-pyrrole nitrogens is 1. The summed E-state index contributed by atoms with van der Waals surface area (Å²) in [5.74, 6) is 1.98. The number of nitrogens with one attached hydrogen (secondary N) is 1. The van der Waals surface area contributed by atoms with Gasteiger partial charge in [0.15, 0.2) is 21.5 Å². The van der Waals surface area contributed by atoms with Crippen LogP contribution in [-0.2, 0) is 44.2 Å². The highest BCUT2D eigenvalue weighted by Gasteiger charge is 2.46. The molecule has 1 aliphatic rings. The number of aromatic amines is 1. The summed E-state index contributed by atoms with van der Waals surface area (Å²) in [4.78, 5) is 13.3. The van der Waals surface area contributed by atoms with E-state index in [1.807, 2.05) is 12.1 Å². The number of carbonyl (C=O) groups is 1. The predicted molar refractivity (Wildman–Crippen MR) is 246 cm³/mol. The SMILES string of the molecule is COc1ccc(CN(Cc2ccc(OC)cc2)S(=O)(=O)c2c(S(=O)(=O)C3CN(C(=O)OC(C)(C)C)C3)ccc(-c3ccc4c(N)n[nH]c4c3)c2-c2nnnn2Cc2ccc(OC)cc2)cc1. The second kappa shape index (κ2) is 18.1. The summed E-state index contributed by atoms with van der Waals surface area (Å²) < 4.78 is 87.1. The van der Waals surface area contributed by atoms with E-state index in [1.165, 1.54) is 34.2 Å². The number of anilines is 1. The molecule has 0 unspecified atom stereocenters. The van der Waals surface area contributed by atoms with Gasteiger partial charge in [0.05, 0.1) is 43.8 Å². The molecule has 1 aliphatic heterocycles. The fraction of sp³-hybridized carbons (Fsp3) is 0.283. The second-order valence-electron chi connectivity index (χ2n) is 16.7. The third kappa shape index (κ3) is 9.24. The lowest BCUT2D eigenvalue weighted by Gasteiger charge is -2.39. The Morgan fingerprint density at radius 3 is 1.89 bits per heavy atom. The number of hydrogen-bond donors (Lipinski definition) is 2. The Kier molecular flexibility index (Phi) is 12.5. The number of nitrogen functional groups attached to an aromatic ring is 1. The Labute approximate surface area is 382 Å². The zero-order valence-corrected chi connectivity index (χ0v) is 38.8. The van der Waals surface area contributed by atoms with Crippen LogP contribution in [0.25, 0.3) is 33.4 Å². The Morgan fingerprint density at radius 1 is 0.788 bits per heavy atom. The van der Waals surface area contributed by atoms with Crippen LogP contribution < -0.4 is 19.9 Å². The fourth-order valence-corrected chi connectivity index (χ4v) is 11.7. The van der Waals surface area contributed by atoms with Crippen LogP contribution in [0.15, 0.2) is 113 Å². The van der Waals surface area contributed by atoms with Gasteiger partial charge in [-0.25, -0.2) is 26.3 Å². The van der Waals surface area contributed by atoms with E-state index in [-0.39, 0.29) is 49.9 Å². The van der Waals surface area contributed by atoms with Gasteiger partial charge >= 0.3 is 6.09 Å². The first kappa shape index (κ1) is 45.5. The normalized spacial score (nSPS) is 13.5. The van der Waals surface area contributed by atoms with Crippen LogP contribution in [0.3, 0.4) is 0 Å². The molecule has 0 bridgehead atoms. The van der Waals surface area contributed by atoms with E-state index in [9.17, 15) is 4.79 Å². The number of ether oxygens (including phenoxy) is 4. The zero-order chi connectivity index (χ0) is 47.0. The molecule has 3 N–H and O–H groups in total. The minimum Gasteiger partial charge on any atom is -0.497 e. The number of nitrogens with zero attached hydrogens (tertiary/aromatic N) is 7. The number of amides is 1. The number of nitrogens with two attached hydrogens (primary N) is 1. The first-order chi connectivity index (χ1) is 31.5. The second-order valence-corrected chi connectivity index (χ2v) is 20.8. The molecule has 7 aromatic rings. The summed E-state index contributed by atoms with van der Waals surface area (Å²) in [6, 6.07) is 29.1. The lowest BCUT2D eigenvalue weighted by molar-refractivity contribution is 0.0139. The maximum absolute atomic E-state index is 16.2. The maximum Gasteiger partial charge on any atom is 0.410 e. The Bertz CT molecular complexity index is 3060. The summed E-state index contributed by atoms with van der Waals surface area (Å²) in [6.07, 6.45) is -0.685. The first-order valence-electron chi connectivity index (χ1n) is 20.8. The fourth-order valence-electron chi connectivity index (χ4n) is 7.62. The van der Waals surface area contributed by atoms with Crippen molar-refractivity contribution in [2.24, 2.45) is 0 Å². The number of sulfone groups is 1. The van der Waals surface area contributed by atoms with Crippen LogP contribution in [0, 0.1) is 0 Å². The average Bonchev–Trinajstić information content (AvgIpc) is 3.90. The summed E-state index contributed by atoms with van der Waals surface area (Å²) in [5.41, 5.74) is 8.51. The molecule has 2 aromatic heterocycles. The van der Waals surface area contributed by atoms with E-state index in [0.717, 1.165) is 5.56 Å². The number of benzene rings is 5. The van der Waals surface area contributed by atoms with Crippen molar-refractivity contribution in [1.82, 2.24) is 39.6 Å². The van der Waals surface area contributed by atoms with E-state index >= 15 is 16.8 Å². The van der Waals surface area contributed by atoms with Gasteiger partial charge in [-0.2, -0.15) is 9.40 Å². The summed E-state index contributed by atoms with van der Waals surface area (Å²) in [6.45, 7) is 4.36. The van der Waals surface area contributed by atoms with Crippen molar-refractivity contribution in [3.05, 3.63) is 120 Å². The van der Waals surface area contributed by atoms with Crippen LogP contribution in [0.2, 0.25) is 0 Å². The van der Waals surface area contributed by atoms with Crippen molar-refractivity contribution in [1.29, 1.82) is 0 Å². The highest BCUT2D eigenvalue weighted by molar-refractivity contribution is 7.94. The van der Waals surface area contributed by atoms with Gasteiger partial charge in [-0.05, 0) is 114 Å². The lowest BCUT2D eigenvalue weighted by atomic mass is 9.98. The van der Waals surface area contributed by atoms with Crippen LogP contribution in [0.1, 0.15) is 37.5 Å². The number of hydrogen-bond acceptors (Lipinski definition) is 14. The van der Waals surface area contributed by atoms with Gasteiger partial charge in [0.2, 0.25) is 10.0 Å². The van der Waals surface area contributed by atoms with Crippen molar-refractivity contribution in [2.45, 2.75) is 61.0 Å². The molecule has 20 heteroatoms. The summed E-state index contributed by atoms with van der Waals surface area (Å²) in [7, 11) is -4.86. The monoisotopic (exact) mass is 935 g/mol. The first-order valence-corrected chi connectivity index (χ1v) is 23.8. The zero-order valence-electron chi connectivity index (χ0n) is 37.1. The molecule has 1 saturated heterocycles. The number of tetrazole rings is 1. The van der Waals surface area contributed by atoms with Gasteiger partial charge in [0, 0.05) is 31.6 Å². The quantitative estimate of drug-likeness (QED) is 0.115. The minimum atomic E-state index is -4.92. The molecule has 8 rings (SSSR count). The van der Waals surface area contributed by atoms with E-state index < -0.39 is 46.6 Å². The molecule has 0 saturated carbocycles. The molecule has 5 aromatic carbocycles. The number of methoxy groups -OCH3 is 3. The molecular formula is C46H49N9O9S2. The van der Waals surface area contributed by atoms with Crippen LogP contribution >= 0.6 is 0 Å². The topological polar surface area (TPSA) is 227 Å². The summed E-state index contributed by atoms with van der Waals surface area (Å²) in [5, 5.41) is 19.3. The minimum absolute atomic E-state index is 0.0292. The van der Waals surface area contributed by atoms with Crippen molar-refractivity contribution >= 4 is 42.7 Å². The molecule has 18 nitrogen and oxygen atoms in total. The number of sulfonamides is 1. The van der Waals surface area contributed by atoms with Gasteiger partial charge < -0.3 is 29.6 Å². The highest BCUT2D eigenvalue weighted by Crippen LogP contribution is 2.44. The van der Waals surface area contributed by atoms with Crippen molar-refractivity contribution in [2.75, 3.05) is 40.2 Å². The molecule has 0 aliphatic carbocycles. The van der Waals surface area contributed by atoms with Crippen molar-refractivity contribution < 1.29 is 40.6 Å². The van der Waals surface area contributed by atoms with Crippen LogP contribution in [0.5, 0.6) is 17.2 Å². The van der Waals surface area contributed by atoms with E-state index in [2.05, 4.69) is 25.7 Å². The standard InChI is InChI=1S/C46H49N9O9S2/c1-46(2,3)64-45(56)53-27-36(28-53)65(57,58)40-22-21-37(32-13-20-38-39(23-32)48-49-43(38)47)41(44-50-51-52-55(44)26-31-11-18-35(63-6)19-12-31)42(40)66(59,60)54(24-29-7-14-33(61-4)15-8-29)25-30-9-16-34(62-5)17-10-30/h7-23,36H,24-28H2,1-6H3,(H3,47,48,49). The van der Waals surface area contributed by atoms with Gasteiger partial charge in [0.25, 0.3) is 0 Å². The molecule has 344 valence electrons. The van der Waals surface area contributed by atoms with Gasteiger partial charge in [-0.15, -0.1) is 5.10 Å². The van der Waals surface area contributed by atoms with E-state index in [0.29, 0.717) is 50.4 Å². The van der Waals surface area contributed by atoms with Gasteiger partial charge in [-0.1, -0.05) is 48.5 Å². The molecule has 66 heavy (non-hydrogen) atoms. The predicted octanol–water partition coefficient (Wildman–Crippen LogP) is 6.32. The highest BCUT2D eigenvalue weighted by atomic mass is 32.2. The largest absolute Gasteiger partial charge is 0.497 e. The Hall–Kier alpha value is -7.03. The van der Waals surface area contributed by atoms with Crippen molar-refractivity contribution in [3.8, 4) is 39.8 Å². The number of rotatable bonds is 15. The molecule has 3 heterocycles. The maximum atomic E-state index is 16.2. The molecule has 1 amide bonds. The van der Waals surface area contributed by atoms with E-state index in [4.69, 9.17) is 24.7 Å². The number of aromatic nitrogens is 6. The number of likely N-dealkylation sites (tertiary alicyclic amines) is 1. The number of carbonyl (C=O) groups excluding carboxylic acids is 1. The smallest absolute Gasteiger partial charge is 0.410 e. The third-order valence-electron chi connectivity index (χ3n) is 11.2. The van der Waals surface area contributed by atoms with E-state index in [1.54, 1.807) is 113 Å². The molecule has 0 atom stereocenters. The Morgan fingerprint density at radius 2 is 1.35 bits per heavy atom. The molecule has 1 fully saturated rings. The molecule has 0 spiro atoms. The summed E-state index contributed by atoms with van der Waals surface area (Å²) >= 11 is 0. The Balaban J connectivity index is 1.38. The average molecular weight is 936 g/mol. The van der Waals surface area contributed by atoms with Gasteiger partial charge in [-0.3, -0.25) is 5.10 Å². The lowest BCUT2D eigenvalue weighted by Crippen LogP contribution is -2.57. The van der Waals surface area contributed by atoms with Crippen LogP contribution in [0.4, 0.5) is 10.6 Å². The van der Waals surface area contributed by atoms with Gasteiger partial charge in [0.1, 0.15) is 33.0 Å². The molecule has 0 radical (unpaired) electrons.